The molecule has 1 atom stereocenters. The van der Waals surface area contributed by atoms with Crippen LogP contribution >= 0.6 is 0 Å². The molecule has 1 fully saturated rings. The number of carbonyl (C=O) groups excluding carboxylic acids is 2. The summed E-state index contributed by atoms with van der Waals surface area (Å²) in [7, 11) is 0. The van der Waals surface area contributed by atoms with E-state index < -0.39 is 12.7 Å². The highest BCUT2D eigenvalue weighted by atomic mass is 19.3. The molecule has 0 spiro atoms. The van der Waals surface area contributed by atoms with Crippen LogP contribution in [0.4, 0.5) is 8.78 Å². The van der Waals surface area contributed by atoms with Gasteiger partial charge in [-0.05, 0) is 24.6 Å². The van der Waals surface area contributed by atoms with Gasteiger partial charge in [-0.1, -0.05) is 12.1 Å². The second-order valence-electron chi connectivity index (χ2n) is 5.43. The number of carbonyl (C=O) groups is 2. The van der Waals surface area contributed by atoms with Crippen molar-refractivity contribution in [2.24, 2.45) is 0 Å². The quantitative estimate of drug-likeness (QED) is 0.843. The Hall–Kier alpha value is -2.22. The van der Waals surface area contributed by atoms with Crippen LogP contribution < -0.4 is 10.1 Å². The largest absolute Gasteiger partial charge is 0.435 e. The zero-order valence-electron chi connectivity index (χ0n) is 13.3. The van der Waals surface area contributed by atoms with E-state index in [1.165, 1.54) is 18.2 Å². The first-order valence-electron chi connectivity index (χ1n) is 7.65. The molecular formula is C16H20F2N2O4. The number of rotatable bonds is 6. The van der Waals surface area contributed by atoms with Gasteiger partial charge in [-0.3, -0.25) is 9.59 Å². The number of benzene rings is 1. The van der Waals surface area contributed by atoms with Gasteiger partial charge in [-0.15, -0.1) is 0 Å². The second-order valence-corrected chi connectivity index (χ2v) is 5.43. The average Bonchev–Trinajstić information content (AvgIpc) is 2.54. The minimum atomic E-state index is -2.92. The summed E-state index contributed by atoms with van der Waals surface area (Å²) >= 11 is 0. The van der Waals surface area contributed by atoms with Crippen molar-refractivity contribution in [3.8, 4) is 5.75 Å². The Balaban J connectivity index is 1.86. The van der Waals surface area contributed by atoms with Gasteiger partial charge in [0.25, 0.3) is 0 Å². The van der Waals surface area contributed by atoms with Crippen LogP contribution in [0.25, 0.3) is 0 Å². The zero-order valence-corrected chi connectivity index (χ0v) is 13.3. The van der Waals surface area contributed by atoms with E-state index in [0.717, 1.165) is 0 Å². The van der Waals surface area contributed by atoms with Crippen LogP contribution in [0.3, 0.4) is 0 Å². The smallest absolute Gasteiger partial charge is 0.387 e. The molecule has 1 N–H and O–H groups in total. The predicted molar refractivity (Wildman–Crippen MR) is 81.8 cm³/mol. The topological polar surface area (TPSA) is 67.9 Å². The van der Waals surface area contributed by atoms with E-state index in [2.05, 4.69) is 10.1 Å². The van der Waals surface area contributed by atoms with E-state index in [1.54, 1.807) is 17.9 Å². The average molecular weight is 342 g/mol. The number of halogens is 2. The first-order valence-corrected chi connectivity index (χ1v) is 7.65. The SMILES string of the molecule is C[C@H](NC(=O)Cc1cccc(OC(F)F)c1)C(=O)N1CCOCC1. The Morgan fingerprint density at radius 2 is 2.04 bits per heavy atom. The number of alkyl halides is 2. The lowest BCUT2D eigenvalue weighted by atomic mass is 10.1. The number of hydrogen-bond acceptors (Lipinski definition) is 4. The van der Waals surface area contributed by atoms with Crippen LogP contribution in [0.2, 0.25) is 0 Å². The summed E-state index contributed by atoms with van der Waals surface area (Å²) in [6, 6.07) is 5.27. The van der Waals surface area contributed by atoms with Crippen LogP contribution in [-0.2, 0) is 20.7 Å². The normalized spacial score (nSPS) is 15.9. The van der Waals surface area contributed by atoms with Crippen LogP contribution in [0.15, 0.2) is 24.3 Å². The molecule has 6 nitrogen and oxygen atoms in total. The number of nitrogens with one attached hydrogen (secondary N) is 1. The highest BCUT2D eigenvalue weighted by Gasteiger charge is 2.23. The first-order chi connectivity index (χ1) is 11.5. The summed E-state index contributed by atoms with van der Waals surface area (Å²) in [6.45, 7) is 0.692. The van der Waals surface area contributed by atoms with E-state index in [-0.39, 0.29) is 24.0 Å². The number of amides is 2. The number of morpholine rings is 1. The summed E-state index contributed by atoms with van der Waals surface area (Å²) in [5, 5.41) is 2.63. The zero-order chi connectivity index (χ0) is 17.5. The summed E-state index contributed by atoms with van der Waals surface area (Å²) in [6.07, 6.45) is -0.0266. The standard InChI is InChI=1S/C16H20F2N2O4/c1-11(15(22)20-5-7-23-8-6-20)19-14(21)10-12-3-2-4-13(9-12)24-16(17)18/h2-4,9,11,16H,5-8,10H2,1H3,(H,19,21)/t11-/m0/s1. The van der Waals surface area contributed by atoms with Crippen molar-refractivity contribution in [1.29, 1.82) is 0 Å². The maximum absolute atomic E-state index is 12.2. The molecule has 8 heteroatoms. The molecule has 1 aliphatic heterocycles. The molecule has 1 heterocycles. The van der Waals surface area contributed by atoms with Gasteiger partial charge in [0, 0.05) is 13.1 Å². The molecule has 0 radical (unpaired) electrons. The van der Waals surface area contributed by atoms with Crippen molar-refractivity contribution in [3.63, 3.8) is 0 Å². The first kappa shape index (κ1) is 18.1. The highest BCUT2D eigenvalue weighted by Crippen LogP contribution is 2.16. The van der Waals surface area contributed by atoms with Gasteiger partial charge in [0.2, 0.25) is 11.8 Å². The van der Waals surface area contributed by atoms with Gasteiger partial charge >= 0.3 is 6.61 Å². The molecule has 1 aromatic rings. The van der Waals surface area contributed by atoms with Crippen molar-refractivity contribution >= 4 is 11.8 Å². The van der Waals surface area contributed by atoms with E-state index in [0.29, 0.717) is 31.9 Å². The van der Waals surface area contributed by atoms with Crippen molar-refractivity contribution < 1.29 is 27.8 Å². The summed E-state index contributed by atoms with van der Waals surface area (Å²) < 4.78 is 33.9. The highest BCUT2D eigenvalue weighted by molar-refractivity contribution is 5.88. The summed E-state index contributed by atoms with van der Waals surface area (Å²) in [5.41, 5.74) is 0.525. The maximum Gasteiger partial charge on any atom is 0.387 e. The van der Waals surface area contributed by atoms with E-state index in [9.17, 15) is 18.4 Å². The predicted octanol–water partition coefficient (Wildman–Crippen LogP) is 1.19. The summed E-state index contributed by atoms with van der Waals surface area (Å²) in [4.78, 5) is 25.9. The molecule has 2 rings (SSSR count). The molecule has 1 saturated heterocycles. The third kappa shape index (κ3) is 5.45. The molecule has 0 saturated carbocycles. The van der Waals surface area contributed by atoms with Gasteiger partial charge in [-0.2, -0.15) is 8.78 Å². The Labute approximate surface area is 138 Å². The Morgan fingerprint density at radius 1 is 1.33 bits per heavy atom. The fourth-order valence-electron chi connectivity index (χ4n) is 2.43. The molecule has 1 aromatic carbocycles. The van der Waals surface area contributed by atoms with Crippen molar-refractivity contribution in [3.05, 3.63) is 29.8 Å². The van der Waals surface area contributed by atoms with Crippen LogP contribution in [-0.4, -0.2) is 55.7 Å². The number of hydrogen-bond donors (Lipinski definition) is 1. The second kappa shape index (κ2) is 8.58. The lowest BCUT2D eigenvalue weighted by Gasteiger charge is -2.29. The molecule has 24 heavy (non-hydrogen) atoms. The molecule has 132 valence electrons. The third-order valence-corrected chi connectivity index (χ3v) is 3.56. The van der Waals surface area contributed by atoms with Gasteiger partial charge in [0.15, 0.2) is 0 Å². The lowest BCUT2D eigenvalue weighted by Crippen LogP contribution is -2.50. The Bertz CT molecular complexity index is 577. The Kier molecular flexibility index (Phi) is 6.48. The van der Waals surface area contributed by atoms with Gasteiger partial charge < -0.3 is 19.7 Å². The minimum absolute atomic E-state index is 0.00672. The minimum Gasteiger partial charge on any atom is -0.435 e. The van der Waals surface area contributed by atoms with E-state index in [1.807, 2.05) is 0 Å². The van der Waals surface area contributed by atoms with E-state index >= 15 is 0 Å². The molecule has 0 unspecified atom stereocenters. The monoisotopic (exact) mass is 342 g/mol. The molecule has 0 aromatic heterocycles. The fraction of sp³-hybridized carbons (Fsp3) is 0.500. The van der Waals surface area contributed by atoms with Gasteiger partial charge in [0.1, 0.15) is 11.8 Å². The molecule has 2 amide bonds. The maximum atomic E-state index is 12.2. The van der Waals surface area contributed by atoms with Crippen LogP contribution in [0.5, 0.6) is 5.75 Å². The number of nitrogens with zero attached hydrogens (tertiary/aromatic N) is 1. The van der Waals surface area contributed by atoms with Gasteiger partial charge in [-0.25, -0.2) is 0 Å². The third-order valence-electron chi connectivity index (χ3n) is 3.56. The molecule has 0 aliphatic carbocycles. The van der Waals surface area contributed by atoms with Crippen molar-refractivity contribution in [1.82, 2.24) is 10.2 Å². The lowest BCUT2D eigenvalue weighted by molar-refractivity contribution is -0.139. The van der Waals surface area contributed by atoms with Gasteiger partial charge in [0.05, 0.1) is 19.6 Å². The van der Waals surface area contributed by atoms with Crippen LogP contribution in [0, 0.1) is 0 Å². The van der Waals surface area contributed by atoms with E-state index in [4.69, 9.17) is 4.74 Å². The van der Waals surface area contributed by atoms with Crippen molar-refractivity contribution in [2.45, 2.75) is 26.0 Å². The fourth-order valence-corrected chi connectivity index (χ4v) is 2.43. The summed E-state index contributed by atoms with van der Waals surface area (Å²) in [5.74, 6) is -0.535. The van der Waals surface area contributed by atoms with Crippen molar-refractivity contribution in [2.75, 3.05) is 26.3 Å². The molecule has 0 bridgehead atoms. The molecular weight excluding hydrogens is 322 g/mol. The Morgan fingerprint density at radius 3 is 2.71 bits per heavy atom. The molecule has 1 aliphatic rings. The van der Waals surface area contributed by atoms with Crippen LogP contribution in [0.1, 0.15) is 12.5 Å². The number of ether oxygens (including phenoxy) is 2.